The molecule has 0 spiro atoms. The predicted octanol–water partition coefficient (Wildman–Crippen LogP) is 3.18. The summed E-state index contributed by atoms with van der Waals surface area (Å²) in [6.45, 7) is 5.34. The van der Waals surface area contributed by atoms with Gasteiger partial charge in [0.2, 0.25) is 10.0 Å². The molecule has 1 amide bonds. The van der Waals surface area contributed by atoms with E-state index < -0.39 is 16.1 Å². The Labute approximate surface area is 166 Å². The van der Waals surface area contributed by atoms with Gasteiger partial charge in [-0.3, -0.25) is 4.79 Å². The highest BCUT2D eigenvalue weighted by molar-refractivity contribution is 7.89. The van der Waals surface area contributed by atoms with E-state index in [2.05, 4.69) is 10.0 Å². The molecule has 152 valence electrons. The molecule has 0 aromatic heterocycles. The number of ether oxygens (including phenoxy) is 2. The number of methoxy groups -OCH3 is 1. The Morgan fingerprint density at radius 1 is 1.00 bits per heavy atom. The average molecular weight is 407 g/mol. The van der Waals surface area contributed by atoms with E-state index in [4.69, 9.17) is 9.47 Å². The van der Waals surface area contributed by atoms with Crippen molar-refractivity contribution in [1.82, 2.24) is 4.72 Å². The largest absolute Gasteiger partial charge is 0.497 e. The minimum Gasteiger partial charge on any atom is -0.497 e. The van der Waals surface area contributed by atoms with Crippen molar-refractivity contribution in [2.45, 2.75) is 44.2 Å². The van der Waals surface area contributed by atoms with Crippen molar-refractivity contribution in [3.8, 4) is 11.5 Å². The van der Waals surface area contributed by atoms with Gasteiger partial charge in [0.25, 0.3) is 5.91 Å². The smallest absolute Gasteiger partial charge is 0.265 e. The minimum atomic E-state index is -3.58. The first-order valence-corrected chi connectivity index (χ1v) is 10.5. The Morgan fingerprint density at radius 3 is 2.11 bits per heavy atom. The summed E-state index contributed by atoms with van der Waals surface area (Å²) >= 11 is 0. The second kappa shape index (κ2) is 9.57. The van der Waals surface area contributed by atoms with Crippen molar-refractivity contribution in [3.63, 3.8) is 0 Å². The zero-order valence-corrected chi connectivity index (χ0v) is 17.2. The fraction of sp³-hybridized carbons (Fsp3) is 0.350. The molecule has 28 heavy (non-hydrogen) atoms. The van der Waals surface area contributed by atoms with Gasteiger partial charge >= 0.3 is 0 Å². The molecule has 0 heterocycles. The SMILES string of the molecule is CCC(C)NS(=O)(=O)c1ccc(NC(=O)C(C)Oc2ccc(OC)cc2)cc1. The van der Waals surface area contributed by atoms with E-state index >= 15 is 0 Å². The highest BCUT2D eigenvalue weighted by atomic mass is 32.2. The minimum absolute atomic E-state index is 0.147. The van der Waals surface area contributed by atoms with Gasteiger partial charge in [-0.1, -0.05) is 6.92 Å². The lowest BCUT2D eigenvalue weighted by molar-refractivity contribution is -0.122. The van der Waals surface area contributed by atoms with Gasteiger partial charge in [-0.25, -0.2) is 13.1 Å². The molecule has 8 heteroatoms. The van der Waals surface area contributed by atoms with Gasteiger partial charge in [0.15, 0.2) is 6.10 Å². The number of hydrogen-bond donors (Lipinski definition) is 2. The van der Waals surface area contributed by atoms with Crippen LogP contribution in [-0.4, -0.2) is 33.6 Å². The predicted molar refractivity (Wildman–Crippen MR) is 108 cm³/mol. The van der Waals surface area contributed by atoms with E-state index in [9.17, 15) is 13.2 Å². The highest BCUT2D eigenvalue weighted by Crippen LogP contribution is 2.19. The number of carbonyl (C=O) groups excluding carboxylic acids is 1. The fourth-order valence-corrected chi connectivity index (χ4v) is 3.62. The average Bonchev–Trinajstić information content (AvgIpc) is 2.68. The number of carbonyl (C=O) groups is 1. The fourth-order valence-electron chi connectivity index (χ4n) is 2.29. The van der Waals surface area contributed by atoms with Crippen LogP contribution < -0.4 is 19.5 Å². The summed E-state index contributed by atoms with van der Waals surface area (Å²) in [4.78, 5) is 12.5. The molecule has 2 unspecified atom stereocenters. The van der Waals surface area contributed by atoms with Gasteiger partial charge in [-0.15, -0.1) is 0 Å². The number of hydrogen-bond acceptors (Lipinski definition) is 5. The van der Waals surface area contributed by atoms with Crippen molar-refractivity contribution in [3.05, 3.63) is 48.5 Å². The molecular weight excluding hydrogens is 380 g/mol. The molecule has 0 saturated heterocycles. The van der Waals surface area contributed by atoms with Crippen LogP contribution >= 0.6 is 0 Å². The Bertz CT molecular complexity index is 880. The summed E-state index contributed by atoms with van der Waals surface area (Å²) in [5.41, 5.74) is 0.484. The highest BCUT2D eigenvalue weighted by Gasteiger charge is 2.18. The van der Waals surface area contributed by atoms with Crippen LogP contribution in [-0.2, 0) is 14.8 Å². The van der Waals surface area contributed by atoms with Gasteiger partial charge in [0.05, 0.1) is 12.0 Å². The zero-order valence-electron chi connectivity index (χ0n) is 16.4. The lowest BCUT2D eigenvalue weighted by Gasteiger charge is -2.15. The lowest BCUT2D eigenvalue weighted by Crippen LogP contribution is -2.32. The van der Waals surface area contributed by atoms with Crippen molar-refractivity contribution >= 4 is 21.6 Å². The van der Waals surface area contributed by atoms with E-state index in [0.717, 1.165) is 0 Å². The Kier molecular flexibility index (Phi) is 7.42. The number of anilines is 1. The van der Waals surface area contributed by atoms with Crippen LogP contribution in [0.3, 0.4) is 0 Å². The molecule has 2 atom stereocenters. The maximum absolute atomic E-state index is 12.3. The Morgan fingerprint density at radius 2 is 1.57 bits per heavy atom. The van der Waals surface area contributed by atoms with Crippen molar-refractivity contribution in [2.24, 2.45) is 0 Å². The third kappa shape index (κ3) is 5.97. The molecule has 2 aromatic carbocycles. The first-order chi connectivity index (χ1) is 13.2. The number of benzene rings is 2. The maximum atomic E-state index is 12.3. The van der Waals surface area contributed by atoms with Gasteiger partial charge in [0, 0.05) is 11.7 Å². The maximum Gasteiger partial charge on any atom is 0.265 e. The topological polar surface area (TPSA) is 93.7 Å². The number of sulfonamides is 1. The van der Waals surface area contributed by atoms with Gasteiger partial charge in [-0.2, -0.15) is 0 Å². The molecule has 0 aliphatic heterocycles. The summed E-state index contributed by atoms with van der Waals surface area (Å²) < 4.78 is 37.8. The molecule has 2 N–H and O–H groups in total. The van der Waals surface area contributed by atoms with Crippen LogP contribution in [0.5, 0.6) is 11.5 Å². The first kappa shape index (κ1) is 21.7. The summed E-state index contributed by atoms with van der Waals surface area (Å²) in [7, 11) is -2.00. The van der Waals surface area contributed by atoms with Crippen LogP contribution in [0.1, 0.15) is 27.2 Å². The molecular formula is C20H26N2O5S. The summed E-state index contributed by atoms with van der Waals surface area (Å²) in [6.07, 6.45) is -0.0386. The van der Waals surface area contributed by atoms with Crippen LogP contribution in [0.2, 0.25) is 0 Å². The van der Waals surface area contributed by atoms with Crippen LogP contribution in [0, 0.1) is 0 Å². The number of rotatable bonds is 9. The summed E-state index contributed by atoms with van der Waals surface area (Å²) in [5, 5.41) is 2.71. The Hall–Kier alpha value is -2.58. The molecule has 2 aromatic rings. The summed E-state index contributed by atoms with van der Waals surface area (Å²) in [5.74, 6) is 0.896. The number of nitrogens with one attached hydrogen (secondary N) is 2. The van der Waals surface area contributed by atoms with Crippen LogP contribution in [0.15, 0.2) is 53.4 Å². The molecule has 0 radical (unpaired) electrons. The molecule has 0 fully saturated rings. The third-order valence-corrected chi connectivity index (χ3v) is 5.75. The molecule has 0 aliphatic carbocycles. The Balaban J connectivity index is 1.97. The van der Waals surface area contributed by atoms with Crippen molar-refractivity contribution in [2.75, 3.05) is 12.4 Å². The lowest BCUT2D eigenvalue weighted by atomic mass is 10.3. The van der Waals surface area contributed by atoms with E-state index in [0.29, 0.717) is 23.6 Å². The normalized spacial score (nSPS) is 13.4. The van der Waals surface area contributed by atoms with Gasteiger partial charge in [-0.05, 0) is 68.8 Å². The van der Waals surface area contributed by atoms with Gasteiger partial charge < -0.3 is 14.8 Å². The second-order valence-electron chi connectivity index (χ2n) is 6.38. The summed E-state index contributed by atoms with van der Waals surface area (Å²) in [6, 6.07) is 12.8. The molecule has 0 aliphatic rings. The van der Waals surface area contributed by atoms with E-state index in [1.807, 2.05) is 6.92 Å². The monoisotopic (exact) mass is 406 g/mol. The molecule has 0 bridgehead atoms. The van der Waals surface area contributed by atoms with E-state index in [1.54, 1.807) is 57.4 Å². The van der Waals surface area contributed by atoms with Crippen molar-refractivity contribution < 1.29 is 22.7 Å². The van der Waals surface area contributed by atoms with Gasteiger partial charge in [0.1, 0.15) is 11.5 Å². The third-order valence-electron chi connectivity index (χ3n) is 4.14. The first-order valence-electron chi connectivity index (χ1n) is 8.99. The quantitative estimate of drug-likeness (QED) is 0.667. The molecule has 7 nitrogen and oxygen atoms in total. The van der Waals surface area contributed by atoms with E-state index in [-0.39, 0.29) is 16.8 Å². The van der Waals surface area contributed by atoms with Crippen LogP contribution in [0.4, 0.5) is 5.69 Å². The molecule has 2 rings (SSSR count). The standard InChI is InChI=1S/C20H26N2O5S/c1-5-14(2)22-28(24,25)19-12-6-16(7-13-19)21-20(23)15(3)27-18-10-8-17(26-4)9-11-18/h6-15,22H,5H2,1-4H3,(H,21,23). The van der Waals surface area contributed by atoms with E-state index in [1.165, 1.54) is 12.1 Å². The van der Waals surface area contributed by atoms with Crippen LogP contribution in [0.25, 0.3) is 0 Å². The number of amides is 1. The zero-order chi connectivity index (χ0) is 20.7. The molecule has 0 saturated carbocycles. The second-order valence-corrected chi connectivity index (χ2v) is 8.09. The van der Waals surface area contributed by atoms with Crippen molar-refractivity contribution in [1.29, 1.82) is 0 Å².